The van der Waals surface area contributed by atoms with E-state index in [9.17, 15) is 9.59 Å². The summed E-state index contributed by atoms with van der Waals surface area (Å²) in [5.41, 5.74) is 3.75. The first-order valence-corrected chi connectivity index (χ1v) is 11.4. The third-order valence-electron chi connectivity index (χ3n) is 5.82. The van der Waals surface area contributed by atoms with Crippen molar-refractivity contribution in [2.24, 2.45) is 0 Å². The van der Waals surface area contributed by atoms with Gasteiger partial charge in [0.2, 0.25) is 0 Å². The zero-order valence-corrected chi connectivity index (χ0v) is 19.1. The van der Waals surface area contributed by atoms with Gasteiger partial charge in [-0.2, -0.15) is 4.98 Å². The van der Waals surface area contributed by atoms with E-state index >= 15 is 0 Å². The van der Waals surface area contributed by atoms with Gasteiger partial charge in [-0.25, -0.2) is 14.3 Å². The number of para-hydroxylation sites is 2. The topological polar surface area (TPSA) is 93.2 Å². The van der Waals surface area contributed by atoms with Gasteiger partial charge in [0, 0.05) is 24.9 Å². The molecule has 0 spiro atoms. The second kappa shape index (κ2) is 9.01. The van der Waals surface area contributed by atoms with Crippen LogP contribution in [0.4, 0.5) is 0 Å². The Bertz CT molecular complexity index is 1500. The molecule has 3 heterocycles. The minimum absolute atomic E-state index is 0.00956. The summed E-state index contributed by atoms with van der Waals surface area (Å²) in [6, 6.07) is 11.6. The maximum absolute atomic E-state index is 13.0. The van der Waals surface area contributed by atoms with Gasteiger partial charge >= 0.3 is 17.7 Å². The number of ether oxygens (including phenoxy) is 2. The monoisotopic (exact) mass is 459 g/mol. The Morgan fingerprint density at radius 1 is 1.03 bits per heavy atom. The van der Waals surface area contributed by atoms with Crippen molar-refractivity contribution in [3.63, 3.8) is 0 Å². The van der Waals surface area contributed by atoms with Gasteiger partial charge in [-0.15, -0.1) is 0 Å². The van der Waals surface area contributed by atoms with E-state index < -0.39 is 0 Å². The molecule has 0 radical (unpaired) electrons. The number of carbonyl (C=O) groups is 1. The SMILES string of the molecule is CCOC(=O)Cn1c(OC2=CC=C(n3c(=O)n(CC)c4cccnc43)CC2)nc2ccccc21. The fraction of sp³-hybridized carbons (Fsp3) is 0.280. The van der Waals surface area contributed by atoms with Gasteiger partial charge in [0.15, 0.2) is 5.65 Å². The molecule has 174 valence electrons. The van der Waals surface area contributed by atoms with E-state index in [-0.39, 0.29) is 18.2 Å². The molecule has 9 heteroatoms. The average Bonchev–Trinajstić information content (AvgIpc) is 3.33. The molecule has 0 atom stereocenters. The molecule has 0 saturated heterocycles. The van der Waals surface area contributed by atoms with E-state index in [1.54, 1.807) is 26.8 Å². The van der Waals surface area contributed by atoms with E-state index in [4.69, 9.17) is 9.47 Å². The highest BCUT2D eigenvalue weighted by Gasteiger charge is 2.21. The lowest BCUT2D eigenvalue weighted by atomic mass is 10.1. The Morgan fingerprint density at radius 2 is 1.85 bits per heavy atom. The van der Waals surface area contributed by atoms with Gasteiger partial charge in [-0.3, -0.25) is 13.9 Å². The Labute approximate surface area is 195 Å². The molecule has 1 aliphatic carbocycles. The third kappa shape index (κ3) is 3.79. The molecule has 34 heavy (non-hydrogen) atoms. The summed E-state index contributed by atoms with van der Waals surface area (Å²) in [4.78, 5) is 34.2. The van der Waals surface area contributed by atoms with Gasteiger partial charge in [0.05, 0.1) is 23.2 Å². The summed E-state index contributed by atoms with van der Waals surface area (Å²) < 4.78 is 16.4. The second-order valence-corrected chi connectivity index (χ2v) is 7.88. The highest BCUT2D eigenvalue weighted by Crippen LogP contribution is 2.28. The van der Waals surface area contributed by atoms with Crippen molar-refractivity contribution in [3.8, 4) is 6.01 Å². The number of carbonyl (C=O) groups excluding carboxylic acids is 1. The van der Waals surface area contributed by atoms with E-state index in [1.807, 2.05) is 55.5 Å². The number of esters is 1. The van der Waals surface area contributed by atoms with Crippen molar-refractivity contribution in [3.05, 3.63) is 71.0 Å². The van der Waals surface area contributed by atoms with Gasteiger partial charge in [0.1, 0.15) is 12.3 Å². The van der Waals surface area contributed by atoms with Crippen LogP contribution in [0.15, 0.2) is 65.3 Å². The maximum atomic E-state index is 13.0. The van der Waals surface area contributed by atoms with Crippen LogP contribution in [0.5, 0.6) is 6.01 Å². The molecule has 0 bridgehead atoms. The van der Waals surface area contributed by atoms with Crippen molar-refractivity contribution in [2.75, 3.05) is 6.61 Å². The highest BCUT2D eigenvalue weighted by molar-refractivity contribution is 5.80. The number of benzene rings is 1. The summed E-state index contributed by atoms with van der Waals surface area (Å²) in [7, 11) is 0. The van der Waals surface area contributed by atoms with Gasteiger partial charge < -0.3 is 9.47 Å². The van der Waals surface area contributed by atoms with Crippen LogP contribution >= 0.6 is 0 Å². The third-order valence-corrected chi connectivity index (χ3v) is 5.82. The minimum atomic E-state index is -0.352. The molecular formula is C25H25N5O4. The molecule has 0 unspecified atom stereocenters. The second-order valence-electron chi connectivity index (χ2n) is 7.88. The van der Waals surface area contributed by atoms with E-state index in [0.717, 1.165) is 22.2 Å². The molecule has 1 aliphatic rings. The number of hydrogen-bond donors (Lipinski definition) is 0. The Balaban J connectivity index is 1.48. The van der Waals surface area contributed by atoms with Crippen LogP contribution in [0.3, 0.4) is 0 Å². The standard InChI is InChI=1S/C25H25N5O4/c1-3-28-21-10-7-15-26-23(21)30(25(28)32)17-11-13-18(14-12-17)34-24-27-19-8-5-6-9-20(19)29(24)16-22(31)33-4-2/h5-11,13,15H,3-4,12,14,16H2,1-2H3. The number of nitrogens with zero attached hydrogens (tertiary/aromatic N) is 5. The summed E-state index contributed by atoms with van der Waals surface area (Å²) in [5, 5.41) is 0. The molecule has 4 aromatic rings. The maximum Gasteiger partial charge on any atom is 0.334 e. The van der Waals surface area contributed by atoms with Crippen LogP contribution < -0.4 is 10.4 Å². The molecule has 0 saturated carbocycles. The van der Waals surface area contributed by atoms with E-state index in [1.165, 1.54) is 0 Å². The Hall–Kier alpha value is -4.14. The van der Waals surface area contributed by atoms with E-state index in [2.05, 4.69) is 9.97 Å². The minimum Gasteiger partial charge on any atom is -0.465 e. The van der Waals surface area contributed by atoms with Crippen LogP contribution in [0, 0.1) is 0 Å². The number of aryl methyl sites for hydroxylation is 1. The van der Waals surface area contributed by atoms with Crippen molar-refractivity contribution >= 4 is 33.9 Å². The molecule has 3 aromatic heterocycles. The number of aromatic nitrogens is 5. The summed E-state index contributed by atoms with van der Waals surface area (Å²) >= 11 is 0. The Morgan fingerprint density at radius 3 is 2.62 bits per heavy atom. The lowest BCUT2D eigenvalue weighted by Gasteiger charge is -2.16. The van der Waals surface area contributed by atoms with E-state index in [0.29, 0.717) is 43.4 Å². The molecule has 9 nitrogen and oxygen atoms in total. The van der Waals surface area contributed by atoms with Crippen LogP contribution in [-0.4, -0.2) is 36.2 Å². The molecule has 0 aliphatic heterocycles. The fourth-order valence-electron chi connectivity index (χ4n) is 4.27. The van der Waals surface area contributed by atoms with Gasteiger partial charge in [-0.1, -0.05) is 12.1 Å². The quantitative estimate of drug-likeness (QED) is 0.391. The molecule has 1 aromatic carbocycles. The number of fused-ring (bicyclic) bond motifs is 2. The number of rotatable bonds is 7. The number of allylic oxidation sites excluding steroid dienone is 4. The van der Waals surface area contributed by atoms with Gasteiger partial charge in [-0.05, 0) is 56.7 Å². The molecule has 0 N–H and O–H groups in total. The van der Waals surface area contributed by atoms with Crippen LogP contribution in [-0.2, 0) is 22.6 Å². The summed E-state index contributed by atoms with van der Waals surface area (Å²) in [5.74, 6) is 0.346. The van der Waals surface area contributed by atoms with Crippen LogP contribution in [0.1, 0.15) is 26.7 Å². The first-order valence-electron chi connectivity index (χ1n) is 11.4. The largest absolute Gasteiger partial charge is 0.465 e. The van der Waals surface area contributed by atoms with Crippen LogP contribution in [0.25, 0.3) is 27.9 Å². The summed E-state index contributed by atoms with van der Waals surface area (Å²) in [6.45, 7) is 4.61. The Kier molecular flexibility index (Phi) is 5.75. The summed E-state index contributed by atoms with van der Waals surface area (Å²) in [6.07, 6.45) is 6.60. The molecule has 0 amide bonds. The fourth-order valence-corrected chi connectivity index (χ4v) is 4.27. The lowest BCUT2D eigenvalue weighted by Crippen LogP contribution is -2.24. The molecule has 0 fully saturated rings. The first-order chi connectivity index (χ1) is 16.6. The lowest BCUT2D eigenvalue weighted by molar-refractivity contribution is -0.143. The van der Waals surface area contributed by atoms with Crippen molar-refractivity contribution in [2.45, 2.75) is 39.8 Å². The van der Waals surface area contributed by atoms with Crippen molar-refractivity contribution in [1.29, 1.82) is 0 Å². The zero-order chi connectivity index (χ0) is 23.7. The normalized spacial score (nSPS) is 13.7. The molecular weight excluding hydrogens is 434 g/mol. The smallest absolute Gasteiger partial charge is 0.334 e. The van der Waals surface area contributed by atoms with Crippen molar-refractivity contribution in [1.82, 2.24) is 23.7 Å². The number of hydrogen-bond acceptors (Lipinski definition) is 6. The first kappa shape index (κ1) is 21.7. The molecule has 5 rings (SSSR count). The average molecular weight is 460 g/mol. The predicted molar refractivity (Wildman–Crippen MR) is 128 cm³/mol. The van der Waals surface area contributed by atoms with Gasteiger partial charge in [0.25, 0.3) is 0 Å². The predicted octanol–water partition coefficient (Wildman–Crippen LogP) is 3.73. The zero-order valence-electron chi connectivity index (χ0n) is 19.1. The highest BCUT2D eigenvalue weighted by atomic mass is 16.5. The number of imidazole rings is 2. The number of pyridine rings is 1. The van der Waals surface area contributed by atoms with Crippen LogP contribution in [0.2, 0.25) is 0 Å². The van der Waals surface area contributed by atoms with Crippen molar-refractivity contribution < 1.29 is 14.3 Å².